The maximum Gasteiger partial charge on any atom is 0.120 e. The molecule has 3 heteroatoms. The van der Waals surface area contributed by atoms with Crippen LogP contribution in [0.4, 0.5) is 0 Å². The summed E-state index contributed by atoms with van der Waals surface area (Å²) < 4.78 is 18.5. The zero-order valence-electron chi connectivity index (χ0n) is 16.1. The maximum absolute atomic E-state index is 7.10. The van der Waals surface area contributed by atoms with Crippen molar-refractivity contribution < 1.29 is 14.2 Å². The summed E-state index contributed by atoms with van der Waals surface area (Å²) in [6.07, 6.45) is 14.6. The van der Waals surface area contributed by atoms with Crippen molar-refractivity contribution in [2.75, 3.05) is 33.0 Å². The van der Waals surface area contributed by atoms with Crippen LogP contribution in [0.15, 0.2) is 23.3 Å². The molecule has 0 spiro atoms. The molecule has 0 atom stereocenters. The van der Waals surface area contributed by atoms with E-state index < -0.39 is 0 Å². The number of ether oxygens (including phenoxy) is 3. The van der Waals surface area contributed by atoms with E-state index >= 15 is 0 Å². The molecule has 3 nitrogen and oxygen atoms in total. The normalized spacial score (nSPS) is 27.4. The molecule has 0 aromatic carbocycles. The zero-order chi connectivity index (χ0) is 17.4. The van der Waals surface area contributed by atoms with Crippen LogP contribution in [0.1, 0.15) is 65.2 Å². The predicted octanol–water partition coefficient (Wildman–Crippen LogP) is 4.82. The van der Waals surface area contributed by atoms with Gasteiger partial charge in [0.1, 0.15) is 5.60 Å². The summed E-state index contributed by atoms with van der Waals surface area (Å²) in [7, 11) is 0. The monoisotopic (exact) mass is 346 g/mol. The summed E-state index contributed by atoms with van der Waals surface area (Å²) in [5.74, 6) is 0. The smallest absolute Gasteiger partial charge is 0.120 e. The van der Waals surface area contributed by atoms with Crippen LogP contribution in [0.2, 0.25) is 0 Å². The van der Waals surface area contributed by atoms with Gasteiger partial charge in [-0.3, -0.25) is 0 Å². The molecular formula is C22H34O3. The van der Waals surface area contributed by atoms with Gasteiger partial charge in [-0.05, 0) is 62.5 Å². The number of allylic oxidation sites excluding steroid dienone is 2. The van der Waals surface area contributed by atoms with Gasteiger partial charge >= 0.3 is 0 Å². The highest BCUT2D eigenvalue weighted by molar-refractivity contribution is 5.41. The minimum atomic E-state index is -0.217. The van der Waals surface area contributed by atoms with Crippen LogP contribution in [0, 0.1) is 10.8 Å². The first kappa shape index (κ1) is 17.8. The van der Waals surface area contributed by atoms with Crippen molar-refractivity contribution in [2.45, 2.75) is 70.8 Å². The Labute approximate surface area is 152 Å². The van der Waals surface area contributed by atoms with Gasteiger partial charge in [0.05, 0.1) is 38.4 Å². The molecule has 2 fully saturated rings. The van der Waals surface area contributed by atoms with E-state index in [-0.39, 0.29) is 16.4 Å². The van der Waals surface area contributed by atoms with Crippen LogP contribution in [0.3, 0.4) is 0 Å². The molecule has 25 heavy (non-hydrogen) atoms. The molecule has 0 saturated carbocycles. The van der Waals surface area contributed by atoms with Crippen LogP contribution >= 0.6 is 0 Å². The summed E-state index contributed by atoms with van der Waals surface area (Å²) in [6, 6.07) is 0. The van der Waals surface area contributed by atoms with Crippen LogP contribution in [-0.2, 0) is 14.2 Å². The van der Waals surface area contributed by atoms with Gasteiger partial charge in [0, 0.05) is 5.41 Å². The Balaban J connectivity index is 1.72. The van der Waals surface area contributed by atoms with Gasteiger partial charge in [0.25, 0.3) is 0 Å². The number of hydrogen-bond acceptors (Lipinski definition) is 3. The molecule has 0 unspecified atom stereocenters. The minimum absolute atomic E-state index is 0.124. The van der Waals surface area contributed by atoms with Gasteiger partial charge in [-0.1, -0.05) is 26.0 Å². The van der Waals surface area contributed by atoms with E-state index in [9.17, 15) is 0 Å². The first-order chi connectivity index (χ1) is 12.2. The first-order valence-electron chi connectivity index (χ1n) is 10.4. The Morgan fingerprint density at radius 2 is 1.52 bits per heavy atom. The lowest BCUT2D eigenvalue weighted by molar-refractivity contribution is -0.241. The number of rotatable bonds is 8. The van der Waals surface area contributed by atoms with Crippen molar-refractivity contribution in [3.05, 3.63) is 23.3 Å². The van der Waals surface area contributed by atoms with Crippen molar-refractivity contribution in [1.82, 2.24) is 0 Å². The predicted molar refractivity (Wildman–Crippen MR) is 99.6 cm³/mol. The van der Waals surface area contributed by atoms with Gasteiger partial charge < -0.3 is 14.2 Å². The summed E-state index contributed by atoms with van der Waals surface area (Å²) in [5, 5.41) is 0. The van der Waals surface area contributed by atoms with Gasteiger partial charge in [0.2, 0.25) is 0 Å². The van der Waals surface area contributed by atoms with Gasteiger partial charge in [-0.25, -0.2) is 0 Å². The molecule has 2 aliphatic carbocycles. The van der Waals surface area contributed by atoms with E-state index in [4.69, 9.17) is 14.2 Å². The van der Waals surface area contributed by atoms with Crippen LogP contribution in [0.25, 0.3) is 0 Å². The molecule has 0 N–H and O–H groups in total. The third kappa shape index (κ3) is 2.65. The van der Waals surface area contributed by atoms with Crippen molar-refractivity contribution in [1.29, 1.82) is 0 Å². The average Bonchev–Trinajstić information content (AvgIpc) is 3.25. The van der Waals surface area contributed by atoms with E-state index in [2.05, 4.69) is 26.0 Å². The maximum atomic E-state index is 7.10. The van der Waals surface area contributed by atoms with Crippen molar-refractivity contribution in [3.8, 4) is 0 Å². The van der Waals surface area contributed by atoms with E-state index in [0.29, 0.717) is 0 Å². The average molecular weight is 347 g/mol. The Morgan fingerprint density at radius 3 is 1.84 bits per heavy atom. The molecule has 2 aliphatic heterocycles. The van der Waals surface area contributed by atoms with Crippen molar-refractivity contribution in [3.63, 3.8) is 0 Å². The molecule has 0 radical (unpaired) electrons. The summed E-state index contributed by atoms with van der Waals surface area (Å²) in [5.41, 5.74) is 3.24. The quantitative estimate of drug-likeness (QED) is 0.590. The van der Waals surface area contributed by atoms with Crippen LogP contribution < -0.4 is 0 Å². The third-order valence-electron chi connectivity index (χ3n) is 7.33. The molecular weight excluding hydrogens is 312 g/mol. The fourth-order valence-corrected chi connectivity index (χ4v) is 5.25. The largest absolute Gasteiger partial charge is 0.380 e. The standard InChI is InChI=1S/C22H34O3/c1-3-20(13-23-14-20)15-25-22(18-9-5-6-10-18,19-11-7-8-12-19)21(4-2)16-24-17-21/h9,11H,3-8,10,12-17H2,1-2H3. The Kier molecular flexibility index (Phi) is 4.85. The SMILES string of the molecule is CCC1(COC(C2=CCCC2)(C2=CCCC2)C2(CC)COC2)COC1. The molecule has 0 aromatic rings. The van der Waals surface area contributed by atoms with Gasteiger partial charge in [0.15, 0.2) is 0 Å². The molecule has 0 amide bonds. The Hall–Kier alpha value is -0.640. The van der Waals surface area contributed by atoms with Crippen molar-refractivity contribution >= 4 is 0 Å². The van der Waals surface area contributed by atoms with Crippen LogP contribution in [-0.4, -0.2) is 38.6 Å². The molecule has 4 aliphatic rings. The van der Waals surface area contributed by atoms with E-state index in [1.807, 2.05) is 0 Å². The van der Waals surface area contributed by atoms with Crippen LogP contribution in [0.5, 0.6) is 0 Å². The van der Waals surface area contributed by atoms with E-state index in [0.717, 1.165) is 45.9 Å². The second-order valence-electron chi connectivity index (χ2n) is 8.69. The summed E-state index contributed by atoms with van der Waals surface area (Å²) in [6.45, 7) is 8.81. The molecule has 0 bridgehead atoms. The highest BCUT2D eigenvalue weighted by Gasteiger charge is 2.60. The summed E-state index contributed by atoms with van der Waals surface area (Å²) >= 11 is 0. The summed E-state index contributed by atoms with van der Waals surface area (Å²) in [4.78, 5) is 0. The second-order valence-corrected chi connectivity index (χ2v) is 8.69. The molecule has 2 saturated heterocycles. The van der Waals surface area contributed by atoms with E-state index in [1.165, 1.54) is 38.5 Å². The lowest BCUT2D eigenvalue weighted by Crippen LogP contribution is -2.63. The fourth-order valence-electron chi connectivity index (χ4n) is 5.25. The molecule has 0 aromatic heterocycles. The fraction of sp³-hybridized carbons (Fsp3) is 0.818. The Morgan fingerprint density at radius 1 is 0.920 bits per heavy atom. The molecule has 2 heterocycles. The lowest BCUT2D eigenvalue weighted by Gasteiger charge is -2.57. The molecule has 140 valence electrons. The highest BCUT2D eigenvalue weighted by Crippen LogP contribution is 2.57. The minimum Gasteiger partial charge on any atom is -0.380 e. The topological polar surface area (TPSA) is 27.7 Å². The second kappa shape index (κ2) is 6.83. The Bertz CT molecular complexity index is 517. The highest BCUT2D eigenvalue weighted by atomic mass is 16.5. The first-order valence-corrected chi connectivity index (χ1v) is 10.4. The zero-order valence-corrected chi connectivity index (χ0v) is 16.1. The van der Waals surface area contributed by atoms with Crippen molar-refractivity contribution in [2.24, 2.45) is 10.8 Å². The van der Waals surface area contributed by atoms with E-state index in [1.54, 1.807) is 11.1 Å². The molecule has 4 rings (SSSR count). The lowest BCUT2D eigenvalue weighted by atomic mass is 9.60. The third-order valence-corrected chi connectivity index (χ3v) is 7.33. The number of hydrogen-bond donors (Lipinski definition) is 0. The van der Waals surface area contributed by atoms with Gasteiger partial charge in [-0.2, -0.15) is 0 Å². The van der Waals surface area contributed by atoms with Gasteiger partial charge in [-0.15, -0.1) is 0 Å².